The largest absolute Gasteiger partial charge is 0.346 e. The number of fused-ring (bicyclic) bond motifs is 1. The SMILES string of the molecule is N#CCC(c1cncs1)n1cc(-c2ccnc3[nH]ccc23)cn1. The molecule has 0 fully saturated rings. The monoisotopic (exact) mass is 320 g/mol. The van der Waals surface area contributed by atoms with Crippen molar-refractivity contribution in [1.82, 2.24) is 24.7 Å². The van der Waals surface area contributed by atoms with Crippen molar-refractivity contribution in [3.8, 4) is 17.2 Å². The quantitative estimate of drug-likeness (QED) is 0.625. The van der Waals surface area contributed by atoms with Gasteiger partial charge < -0.3 is 4.98 Å². The number of rotatable bonds is 4. The Bertz CT molecular complexity index is 976. The van der Waals surface area contributed by atoms with Crippen LogP contribution in [-0.2, 0) is 0 Å². The summed E-state index contributed by atoms with van der Waals surface area (Å²) < 4.78 is 1.84. The van der Waals surface area contributed by atoms with E-state index in [1.165, 1.54) is 11.3 Å². The lowest BCUT2D eigenvalue weighted by Gasteiger charge is -2.11. The fraction of sp³-hybridized carbons (Fsp3) is 0.125. The molecule has 0 aliphatic carbocycles. The third kappa shape index (κ3) is 2.39. The standard InChI is InChI=1S/C16H12N6S/c17-4-1-14(15-8-18-10-23-15)22-9-11(7-21-22)12-2-5-19-16-13(12)3-6-20-16/h2-3,5-10,14H,1H2,(H,19,20). The molecule has 0 amide bonds. The fourth-order valence-electron chi connectivity index (χ4n) is 2.66. The molecule has 1 unspecified atom stereocenters. The minimum absolute atomic E-state index is 0.107. The van der Waals surface area contributed by atoms with Crippen LogP contribution >= 0.6 is 11.3 Å². The molecule has 0 saturated carbocycles. The first-order chi connectivity index (χ1) is 11.4. The Kier molecular flexibility index (Phi) is 3.37. The zero-order valence-electron chi connectivity index (χ0n) is 12.0. The molecule has 0 aliphatic rings. The average molecular weight is 320 g/mol. The van der Waals surface area contributed by atoms with Gasteiger partial charge in [0.15, 0.2) is 0 Å². The van der Waals surface area contributed by atoms with Gasteiger partial charge in [-0.25, -0.2) is 4.98 Å². The molecule has 6 nitrogen and oxygen atoms in total. The Morgan fingerprint density at radius 3 is 3.13 bits per heavy atom. The molecule has 0 aliphatic heterocycles. The number of aromatic nitrogens is 5. The molecule has 4 aromatic rings. The van der Waals surface area contributed by atoms with Crippen LogP contribution in [-0.4, -0.2) is 24.7 Å². The summed E-state index contributed by atoms with van der Waals surface area (Å²) in [5.74, 6) is 0. The minimum Gasteiger partial charge on any atom is -0.346 e. The highest BCUT2D eigenvalue weighted by molar-refractivity contribution is 7.09. The van der Waals surface area contributed by atoms with Gasteiger partial charge >= 0.3 is 0 Å². The fourth-order valence-corrected chi connectivity index (χ4v) is 3.37. The van der Waals surface area contributed by atoms with Gasteiger partial charge in [-0.1, -0.05) is 0 Å². The molecule has 1 atom stereocenters. The number of hydrogen-bond donors (Lipinski definition) is 1. The molecule has 4 aromatic heterocycles. The van der Waals surface area contributed by atoms with Crippen LogP contribution in [0.25, 0.3) is 22.2 Å². The van der Waals surface area contributed by atoms with Crippen molar-refractivity contribution in [3.05, 3.63) is 53.5 Å². The number of nitrogens with zero attached hydrogens (tertiary/aromatic N) is 5. The summed E-state index contributed by atoms with van der Waals surface area (Å²) in [7, 11) is 0. The van der Waals surface area contributed by atoms with Gasteiger partial charge in [0.2, 0.25) is 0 Å². The highest BCUT2D eigenvalue weighted by atomic mass is 32.1. The summed E-state index contributed by atoms with van der Waals surface area (Å²) in [6, 6.07) is 6.11. The van der Waals surface area contributed by atoms with E-state index in [4.69, 9.17) is 5.26 Å². The second-order valence-electron chi connectivity index (χ2n) is 5.09. The van der Waals surface area contributed by atoms with E-state index >= 15 is 0 Å². The molecular formula is C16H12N6S. The van der Waals surface area contributed by atoms with Crippen LogP contribution in [0.4, 0.5) is 0 Å². The average Bonchev–Trinajstić information content (AvgIpc) is 3.32. The summed E-state index contributed by atoms with van der Waals surface area (Å²) in [5, 5.41) is 14.6. The molecule has 4 rings (SSSR count). The smallest absolute Gasteiger partial charge is 0.137 e. The van der Waals surface area contributed by atoms with Crippen LogP contribution < -0.4 is 0 Å². The van der Waals surface area contributed by atoms with E-state index < -0.39 is 0 Å². The van der Waals surface area contributed by atoms with Crippen LogP contribution in [0.15, 0.2) is 48.6 Å². The van der Waals surface area contributed by atoms with Crippen LogP contribution in [0, 0.1) is 11.3 Å². The number of thiazole rings is 1. The predicted octanol–water partition coefficient (Wildman–Crippen LogP) is 3.39. The van der Waals surface area contributed by atoms with E-state index in [0.29, 0.717) is 6.42 Å². The molecule has 1 N–H and O–H groups in total. The number of H-pyrrole nitrogens is 1. The molecule has 0 bridgehead atoms. The van der Waals surface area contributed by atoms with Gasteiger partial charge in [-0.3, -0.25) is 9.67 Å². The van der Waals surface area contributed by atoms with Crippen molar-refractivity contribution < 1.29 is 0 Å². The topological polar surface area (TPSA) is 83.2 Å². The summed E-state index contributed by atoms with van der Waals surface area (Å²) in [4.78, 5) is 12.6. The van der Waals surface area contributed by atoms with Crippen LogP contribution in [0.5, 0.6) is 0 Å². The van der Waals surface area contributed by atoms with Gasteiger partial charge in [-0.05, 0) is 17.7 Å². The Labute approximate surface area is 136 Å². The number of pyridine rings is 1. The third-order valence-corrected chi connectivity index (χ3v) is 4.63. The van der Waals surface area contributed by atoms with Crippen molar-refractivity contribution >= 4 is 22.4 Å². The van der Waals surface area contributed by atoms with Crippen LogP contribution in [0.3, 0.4) is 0 Å². The van der Waals surface area contributed by atoms with Crippen molar-refractivity contribution in [1.29, 1.82) is 5.26 Å². The van der Waals surface area contributed by atoms with E-state index in [-0.39, 0.29) is 6.04 Å². The van der Waals surface area contributed by atoms with Gasteiger partial charge in [-0.2, -0.15) is 10.4 Å². The maximum absolute atomic E-state index is 9.11. The zero-order valence-corrected chi connectivity index (χ0v) is 12.9. The Balaban J connectivity index is 1.77. The minimum atomic E-state index is -0.107. The molecular weight excluding hydrogens is 308 g/mol. The lowest BCUT2D eigenvalue weighted by molar-refractivity contribution is 0.539. The lowest BCUT2D eigenvalue weighted by Crippen LogP contribution is -2.09. The van der Waals surface area contributed by atoms with Crippen LogP contribution in [0.1, 0.15) is 17.3 Å². The molecule has 0 saturated heterocycles. The number of nitrogens with one attached hydrogen (secondary N) is 1. The van der Waals surface area contributed by atoms with Gasteiger partial charge in [0.05, 0.1) is 29.1 Å². The molecule has 4 heterocycles. The first kappa shape index (κ1) is 13.7. The lowest BCUT2D eigenvalue weighted by atomic mass is 10.1. The number of aromatic amines is 1. The second-order valence-corrected chi connectivity index (χ2v) is 6.01. The van der Waals surface area contributed by atoms with Crippen molar-refractivity contribution in [2.75, 3.05) is 0 Å². The van der Waals surface area contributed by atoms with E-state index in [9.17, 15) is 0 Å². The Morgan fingerprint density at radius 2 is 2.30 bits per heavy atom. The molecule has 112 valence electrons. The van der Waals surface area contributed by atoms with Gasteiger partial charge in [0, 0.05) is 35.7 Å². The summed E-state index contributed by atoms with van der Waals surface area (Å²) in [6.07, 6.45) is 9.61. The van der Waals surface area contributed by atoms with Crippen molar-refractivity contribution in [2.45, 2.75) is 12.5 Å². The van der Waals surface area contributed by atoms with Crippen molar-refractivity contribution in [3.63, 3.8) is 0 Å². The Morgan fingerprint density at radius 1 is 1.35 bits per heavy atom. The molecule has 0 aromatic carbocycles. The van der Waals surface area contributed by atoms with Gasteiger partial charge in [0.1, 0.15) is 11.7 Å². The third-order valence-electron chi connectivity index (χ3n) is 3.76. The van der Waals surface area contributed by atoms with E-state index in [1.807, 2.05) is 35.4 Å². The maximum Gasteiger partial charge on any atom is 0.137 e. The Hall–Kier alpha value is -2.98. The zero-order chi connectivity index (χ0) is 15.6. The van der Waals surface area contributed by atoms with Gasteiger partial charge in [-0.15, -0.1) is 11.3 Å². The maximum atomic E-state index is 9.11. The normalized spacial score (nSPS) is 12.3. The summed E-state index contributed by atoms with van der Waals surface area (Å²) in [6.45, 7) is 0. The molecule has 0 spiro atoms. The number of hydrogen-bond acceptors (Lipinski definition) is 5. The van der Waals surface area contributed by atoms with E-state index in [2.05, 4.69) is 26.1 Å². The van der Waals surface area contributed by atoms with E-state index in [0.717, 1.165) is 27.0 Å². The molecule has 7 heteroatoms. The first-order valence-electron chi connectivity index (χ1n) is 7.09. The number of nitriles is 1. The summed E-state index contributed by atoms with van der Waals surface area (Å²) >= 11 is 1.54. The van der Waals surface area contributed by atoms with Gasteiger partial charge in [0.25, 0.3) is 0 Å². The molecule has 23 heavy (non-hydrogen) atoms. The predicted molar refractivity (Wildman–Crippen MR) is 87.8 cm³/mol. The highest BCUT2D eigenvalue weighted by Gasteiger charge is 2.17. The summed E-state index contributed by atoms with van der Waals surface area (Å²) in [5.41, 5.74) is 4.70. The van der Waals surface area contributed by atoms with Crippen molar-refractivity contribution in [2.24, 2.45) is 0 Å². The highest BCUT2D eigenvalue weighted by Crippen LogP contribution is 2.30. The first-order valence-corrected chi connectivity index (χ1v) is 7.97. The van der Waals surface area contributed by atoms with Crippen LogP contribution in [0.2, 0.25) is 0 Å². The molecule has 0 radical (unpaired) electrons. The second kappa shape index (κ2) is 5.66. The van der Waals surface area contributed by atoms with E-state index in [1.54, 1.807) is 17.9 Å².